The Balaban J connectivity index is 3.20. The highest BCUT2D eigenvalue weighted by molar-refractivity contribution is 5.49. The number of rotatable bonds is 5. The molecule has 0 aliphatic rings. The van der Waals surface area contributed by atoms with Crippen molar-refractivity contribution in [1.29, 1.82) is 5.26 Å². The lowest BCUT2D eigenvalue weighted by atomic mass is 10.1. The molecule has 0 aliphatic heterocycles. The largest absolute Gasteiger partial charge is 0.493 e. The standard InChI is InChI=1S/C12H15NO3/c1-14-8-10-6-9(4-5-13)7-11(15-2)12(10)16-3/h6-7H,4,8H2,1-3H3. The number of methoxy groups -OCH3 is 3. The number of nitrogens with zero attached hydrogens (tertiary/aromatic N) is 1. The molecule has 1 rings (SSSR count). The zero-order valence-electron chi connectivity index (χ0n) is 9.74. The maximum atomic E-state index is 8.68. The minimum Gasteiger partial charge on any atom is -0.493 e. The van der Waals surface area contributed by atoms with Crippen LogP contribution in [0.4, 0.5) is 0 Å². The van der Waals surface area contributed by atoms with Gasteiger partial charge in [-0.2, -0.15) is 5.26 Å². The van der Waals surface area contributed by atoms with Gasteiger partial charge in [0.2, 0.25) is 0 Å². The zero-order chi connectivity index (χ0) is 12.0. The van der Waals surface area contributed by atoms with Crippen LogP contribution in [-0.4, -0.2) is 21.3 Å². The van der Waals surface area contributed by atoms with Crippen LogP contribution in [0, 0.1) is 11.3 Å². The van der Waals surface area contributed by atoms with Gasteiger partial charge in [-0.05, 0) is 17.7 Å². The number of nitriles is 1. The maximum Gasteiger partial charge on any atom is 0.166 e. The van der Waals surface area contributed by atoms with Crippen LogP contribution in [0.1, 0.15) is 11.1 Å². The molecule has 16 heavy (non-hydrogen) atoms. The van der Waals surface area contributed by atoms with Crippen LogP contribution in [0.5, 0.6) is 11.5 Å². The summed E-state index contributed by atoms with van der Waals surface area (Å²) in [7, 11) is 4.77. The van der Waals surface area contributed by atoms with Gasteiger partial charge in [-0.1, -0.05) is 0 Å². The summed E-state index contributed by atoms with van der Waals surface area (Å²) in [5.41, 5.74) is 1.78. The Morgan fingerprint density at radius 3 is 2.44 bits per heavy atom. The lowest BCUT2D eigenvalue weighted by molar-refractivity contribution is 0.180. The van der Waals surface area contributed by atoms with E-state index in [1.165, 1.54) is 0 Å². The van der Waals surface area contributed by atoms with Gasteiger partial charge in [0.15, 0.2) is 11.5 Å². The Morgan fingerprint density at radius 2 is 1.94 bits per heavy atom. The molecule has 0 N–H and O–H groups in total. The Hall–Kier alpha value is -1.73. The highest BCUT2D eigenvalue weighted by Crippen LogP contribution is 2.33. The number of ether oxygens (including phenoxy) is 3. The average Bonchev–Trinajstić information content (AvgIpc) is 2.29. The Bertz CT molecular complexity index is 396. The Morgan fingerprint density at radius 1 is 1.19 bits per heavy atom. The smallest absolute Gasteiger partial charge is 0.166 e. The Labute approximate surface area is 95.4 Å². The molecule has 1 aromatic rings. The van der Waals surface area contributed by atoms with Crippen molar-refractivity contribution in [3.8, 4) is 17.6 Å². The lowest BCUT2D eigenvalue weighted by Crippen LogP contribution is -1.99. The summed E-state index contributed by atoms with van der Waals surface area (Å²) in [4.78, 5) is 0. The van der Waals surface area contributed by atoms with Crippen LogP contribution in [0.3, 0.4) is 0 Å². The van der Waals surface area contributed by atoms with Gasteiger partial charge < -0.3 is 14.2 Å². The third kappa shape index (κ3) is 2.65. The molecular weight excluding hydrogens is 206 g/mol. The van der Waals surface area contributed by atoms with E-state index in [-0.39, 0.29) is 0 Å². The molecule has 4 nitrogen and oxygen atoms in total. The summed E-state index contributed by atoms with van der Waals surface area (Å²) >= 11 is 0. The van der Waals surface area contributed by atoms with Crippen LogP contribution in [-0.2, 0) is 17.8 Å². The van der Waals surface area contributed by atoms with Gasteiger partial charge in [0, 0.05) is 12.7 Å². The zero-order valence-corrected chi connectivity index (χ0v) is 9.74. The van der Waals surface area contributed by atoms with Crippen LogP contribution in [0.25, 0.3) is 0 Å². The summed E-state index contributed by atoms with van der Waals surface area (Å²) in [6.07, 6.45) is 0.344. The van der Waals surface area contributed by atoms with E-state index in [4.69, 9.17) is 19.5 Å². The molecule has 86 valence electrons. The minimum atomic E-state index is 0.344. The SMILES string of the molecule is COCc1cc(CC#N)cc(OC)c1OC. The molecule has 0 radical (unpaired) electrons. The molecule has 0 bridgehead atoms. The van der Waals surface area contributed by atoms with Crippen molar-refractivity contribution >= 4 is 0 Å². The van der Waals surface area contributed by atoms with Gasteiger partial charge in [0.1, 0.15) is 0 Å². The van der Waals surface area contributed by atoms with Crippen molar-refractivity contribution in [2.45, 2.75) is 13.0 Å². The van der Waals surface area contributed by atoms with Crippen LogP contribution in [0.15, 0.2) is 12.1 Å². The quantitative estimate of drug-likeness (QED) is 0.762. The van der Waals surface area contributed by atoms with Gasteiger partial charge in [-0.15, -0.1) is 0 Å². The maximum absolute atomic E-state index is 8.68. The Kier molecular flexibility index (Phi) is 4.62. The van der Waals surface area contributed by atoms with E-state index >= 15 is 0 Å². The second kappa shape index (κ2) is 5.99. The fourth-order valence-electron chi connectivity index (χ4n) is 1.56. The predicted octanol–water partition coefficient (Wildman–Crippen LogP) is 1.92. The van der Waals surface area contributed by atoms with Crippen LogP contribution >= 0.6 is 0 Å². The van der Waals surface area contributed by atoms with E-state index in [1.807, 2.05) is 6.07 Å². The van der Waals surface area contributed by atoms with E-state index in [0.717, 1.165) is 11.1 Å². The second-order valence-corrected chi connectivity index (χ2v) is 3.26. The summed E-state index contributed by atoms with van der Waals surface area (Å²) in [5, 5.41) is 8.68. The summed E-state index contributed by atoms with van der Waals surface area (Å²) < 4.78 is 15.6. The van der Waals surface area contributed by atoms with Crippen molar-refractivity contribution in [2.75, 3.05) is 21.3 Å². The van der Waals surface area contributed by atoms with Crippen molar-refractivity contribution in [1.82, 2.24) is 0 Å². The molecule has 0 saturated heterocycles. The van der Waals surface area contributed by atoms with Gasteiger partial charge in [-0.3, -0.25) is 0 Å². The highest BCUT2D eigenvalue weighted by Gasteiger charge is 2.12. The topological polar surface area (TPSA) is 51.5 Å². The molecule has 0 aromatic heterocycles. The molecule has 1 aromatic carbocycles. The molecule has 0 saturated carbocycles. The monoisotopic (exact) mass is 221 g/mol. The second-order valence-electron chi connectivity index (χ2n) is 3.26. The summed E-state index contributed by atoms with van der Waals surface area (Å²) in [6, 6.07) is 5.81. The van der Waals surface area contributed by atoms with Crippen LogP contribution < -0.4 is 9.47 Å². The first-order valence-electron chi connectivity index (χ1n) is 4.86. The molecule has 0 spiro atoms. The molecule has 4 heteroatoms. The van der Waals surface area contributed by atoms with Crippen LogP contribution in [0.2, 0.25) is 0 Å². The fourth-order valence-corrected chi connectivity index (χ4v) is 1.56. The molecule has 0 aliphatic carbocycles. The molecule has 0 unspecified atom stereocenters. The molecule has 0 fully saturated rings. The van der Waals surface area contributed by atoms with Crippen molar-refractivity contribution in [3.63, 3.8) is 0 Å². The van der Waals surface area contributed by atoms with E-state index in [9.17, 15) is 0 Å². The van der Waals surface area contributed by atoms with Crippen molar-refractivity contribution in [3.05, 3.63) is 23.3 Å². The van der Waals surface area contributed by atoms with E-state index < -0.39 is 0 Å². The van der Waals surface area contributed by atoms with E-state index in [2.05, 4.69) is 6.07 Å². The van der Waals surface area contributed by atoms with Gasteiger partial charge in [0.25, 0.3) is 0 Å². The molecule has 0 amide bonds. The predicted molar refractivity (Wildman–Crippen MR) is 59.6 cm³/mol. The summed E-state index contributed by atoms with van der Waals surface area (Å²) in [5.74, 6) is 1.29. The first-order chi connectivity index (χ1) is 7.76. The van der Waals surface area contributed by atoms with Gasteiger partial charge in [0.05, 0.1) is 33.3 Å². The van der Waals surface area contributed by atoms with Gasteiger partial charge in [-0.25, -0.2) is 0 Å². The third-order valence-corrected chi connectivity index (χ3v) is 2.20. The fraction of sp³-hybridized carbons (Fsp3) is 0.417. The summed E-state index contributed by atoms with van der Waals surface area (Å²) in [6.45, 7) is 0.429. The van der Waals surface area contributed by atoms with Crippen molar-refractivity contribution < 1.29 is 14.2 Å². The van der Waals surface area contributed by atoms with E-state index in [0.29, 0.717) is 24.5 Å². The number of hydrogen-bond acceptors (Lipinski definition) is 4. The number of benzene rings is 1. The highest BCUT2D eigenvalue weighted by atomic mass is 16.5. The third-order valence-electron chi connectivity index (χ3n) is 2.20. The van der Waals surface area contributed by atoms with E-state index in [1.54, 1.807) is 27.4 Å². The first-order valence-corrected chi connectivity index (χ1v) is 4.86. The average molecular weight is 221 g/mol. The van der Waals surface area contributed by atoms with Gasteiger partial charge >= 0.3 is 0 Å². The minimum absolute atomic E-state index is 0.344. The first kappa shape index (κ1) is 12.3. The molecule has 0 atom stereocenters. The molecule has 0 heterocycles. The normalized spacial score (nSPS) is 9.62. The molecular formula is C12H15NO3. The van der Waals surface area contributed by atoms with Crippen molar-refractivity contribution in [2.24, 2.45) is 0 Å². The lowest BCUT2D eigenvalue weighted by Gasteiger charge is -2.13. The number of hydrogen-bond donors (Lipinski definition) is 0.